The maximum absolute atomic E-state index is 11.4. The van der Waals surface area contributed by atoms with Crippen molar-refractivity contribution in [1.82, 2.24) is 4.90 Å². The molecule has 0 unspecified atom stereocenters. The minimum absolute atomic E-state index is 0.129. The van der Waals surface area contributed by atoms with Crippen LogP contribution in [-0.4, -0.2) is 23.9 Å². The van der Waals surface area contributed by atoms with Crippen molar-refractivity contribution in [3.8, 4) is 24.7 Å². The SMILES string of the molecule is C#CCN(CC#C)C(=O)C=C(C)C. The summed E-state index contributed by atoms with van der Waals surface area (Å²) in [7, 11) is 0. The molecule has 0 N–H and O–H groups in total. The van der Waals surface area contributed by atoms with E-state index in [4.69, 9.17) is 12.8 Å². The summed E-state index contributed by atoms with van der Waals surface area (Å²) in [6, 6.07) is 0. The highest BCUT2D eigenvalue weighted by Gasteiger charge is 2.06. The third kappa shape index (κ3) is 4.71. The van der Waals surface area contributed by atoms with Crippen LogP contribution in [0.25, 0.3) is 0 Å². The Kier molecular flexibility index (Phi) is 5.15. The lowest BCUT2D eigenvalue weighted by Gasteiger charge is -2.14. The quantitative estimate of drug-likeness (QED) is 0.463. The highest BCUT2D eigenvalue weighted by atomic mass is 16.2. The lowest BCUT2D eigenvalue weighted by molar-refractivity contribution is -0.124. The largest absolute Gasteiger partial charge is 0.317 e. The molecule has 1 amide bonds. The topological polar surface area (TPSA) is 20.3 Å². The van der Waals surface area contributed by atoms with E-state index in [1.165, 1.54) is 11.0 Å². The average Bonchev–Trinajstić information content (AvgIpc) is 2.02. The van der Waals surface area contributed by atoms with E-state index in [1.54, 1.807) is 0 Å². The van der Waals surface area contributed by atoms with Crippen LogP contribution in [-0.2, 0) is 4.79 Å². The van der Waals surface area contributed by atoms with Crippen LogP contribution in [0, 0.1) is 24.7 Å². The van der Waals surface area contributed by atoms with Crippen LogP contribution in [0.2, 0.25) is 0 Å². The zero-order chi connectivity index (χ0) is 10.3. The lowest BCUT2D eigenvalue weighted by Crippen LogP contribution is -2.30. The molecule has 0 fully saturated rings. The Hall–Kier alpha value is -1.67. The number of terminal acetylenes is 2. The molecule has 0 aliphatic heterocycles. The maximum Gasteiger partial charge on any atom is 0.248 e. The molecule has 0 radical (unpaired) electrons. The van der Waals surface area contributed by atoms with Gasteiger partial charge in [0.25, 0.3) is 0 Å². The number of rotatable bonds is 3. The van der Waals surface area contributed by atoms with E-state index >= 15 is 0 Å². The molecule has 0 aliphatic carbocycles. The summed E-state index contributed by atoms with van der Waals surface area (Å²) in [6.07, 6.45) is 11.7. The molecule has 68 valence electrons. The Bertz CT molecular complexity index is 268. The number of allylic oxidation sites excluding steroid dienone is 1. The van der Waals surface area contributed by atoms with Gasteiger partial charge in [0.05, 0.1) is 13.1 Å². The van der Waals surface area contributed by atoms with Crippen molar-refractivity contribution in [2.75, 3.05) is 13.1 Å². The number of hydrogen-bond donors (Lipinski definition) is 0. The van der Waals surface area contributed by atoms with Gasteiger partial charge in [-0.15, -0.1) is 12.8 Å². The zero-order valence-corrected chi connectivity index (χ0v) is 8.00. The van der Waals surface area contributed by atoms with Crippen molar-refractivity contribution in [1.29, 1.82) is 0 Å². The first-order chi connectivity index (χ1) is 6.11. The molecule has 13 heavy (non-hydrogen) atoms. The highest BCUT2D eigenvalue weighted by Crippen LogP contribution is 1.95. The Labute approximate surface area is 79.6 Å². The molecule has 0 aliphatic rings. The van der Waals surface area contributed by atoms with Crippen molar-refractivity contribution in [2.24, 2.45) is 0 Å². The van der Waals surface area contributed by atoms with Gasteiger partial charge in [-0.2, -0.15) is 0 Å². The first-order valence-corrected chi connectivity index (χ1v) is 3.92. The van der Waals surface area contributed by atoms with Gasteiger partial charge < -0.3 is 4.90 Å². The Balaban J connectivity index is 4.40. The zero-order valence-electron chi connectivity index (χ0n) is 8.00. The monoisotopic (exact) mass is 175 g/mol. The van der Waals surface area contributed by atoms with E-state index in [-0.39, 0.29) is 19.0 Å². The summed E-state index contributed by atoms with van der Waals surface area (Å²) in [6.45, 7) is 4.21. The molecular formula is C11H13NO. The maximum atomic E-state index is 11.4. The van der Waals surface area contributed by atoms with E-state index in [0.29, 0.717) is 0 Å². The second kappa shape index (κ2) is 5.91. The molecule has 2 heteroatoms. The van der Waals surface area contributed by atoms with Gasteiger partial charge >= 0.3 is 0 Å². The average molecular weight is 175 g/mol. The molecule has 0 aromatic rings. The molecule has 0 rings (SSSR count). The Morgan fingerprint density at radius 3 is 2.08 bits per heavy atom. The molecule has 0 saturated carbocycles. The first kappa shape index (κ1) is 11.3. The minimum Gasteiger partial charge on any atom is -0.317 e. The molecular weight excluding hydrogens is 162 g/mol. The smallest absolute Gasteiger partial charge is 0.248 e. The summed E-state index contributed by atoms with van der Waals surface area (Å²) >= 11 is 0. The summed E-state index contributed by atoms with van der Waals surface area (Å²) in [5.41, 5.74) is 0.934. The van der Waals surface area contributed by atoms with E-state index in [9.17, 15) is 4.79 Å². The van der Waals surface area contributed by atoms with Crippen LogP contribution in [0.1, 0.15) is 13.8 Å². The predicted octanol–water partition coefficient (Wildman–Crippen LogP) is 1.05. The second-order valence-electron chi connectivity index (χ2n) is 2.82. The number of nitrogens with zero attached hydrogens (tertiary/aromatic N) is 1. The minimum atomic E-state index is -0.129. The molecule has 0 aromatic carbocycles. The molecule has 0 saturated heterocycles. The molecule has 2 nitrogen and oxygen atoms in total. The summed E-state index contributed by atoms with van der Waals surface area (Å²) in [4.78, 5) is 12.8. The fourth-order valence-electron chi connectivity index (χ4n) is 0.770. The molecule has 0 heterocycles. The molecule has 0 spiro atoms. The summed E-state index contributed by atoms with van der Waals surface area (Å²) in [5, 5.41) is 0. The fraction of sp³-hybridized carbons (Fsp3) is 0.364. The van der Waals surface area contributed by atoms with Gasteiger partial charge in [-0.3, -0.25) is 4.79 Å². The normalized spacial score (nSPS) is 8.00. The fourth-order valence-corrected chi connectivity index (χ4v) is 0.770. The van der Waals surface area contributed by atoms with Crippen LogP contribution in [0.4, 0.5) is 0 Å². The van der Waals surface area contributed by atoms with Crippen LogP contribution in [0.15, 0.2) is 11.6 Å². The van der Waals surface area contributed by atoms with Crippen molar-refractivity contribution >= 4 is 5.91 Å². The van der Waals surface area contributed by atoms with E-state index in [1.807, 2.05) is 13.8 Å². The first-order valence-electron chi connectivity index (χ1n) is 3.92. The lowest BCUT2D eigenvalue weighted by atomic mass is 10.3. The van der Waals surface area contributed by atoms with E-state index < -0.39 is 0 Å². The molecule has 0 atom stereocenters. The highest BCUT2D eigenvalue weighted by molar-refractivity contribution is 5.88. The number of carbonyl (C=O) groups is 1. The number of carbonyl (C=O) groups excluding carboxylic acids is 1. The summed E-state index contributed by atoms with van der Waals surface area (Å²) in [5.74, 6) is 4.65. The standard InChI is InChI=1S/C11H13NO/c1-5-7-12(8-6-2)11(13)9-10(3)4/h1-2,9H,7-8H2,3-4H3. The number of hydrogen-bond acceptors (Lipinski definition) is 1. The van der Waals surface area contributed by atoms with Gasteiger partial charge in [-0.25, -0.2) is 0 Å². The van der Waals surface area contributed by atoms with Gasteiger partial charge in [-0.05, 0) is 13.8 Å². The van der Waals surface area contributed by atoms with Crippen molar-refractivity contribution in [3.05, 3.63) is 11.6 Å². The van der Waals surface area contributed by atoms with Crippen LogP contribution < -0.4 is 0 Å². The Morgan fingerprint density at radius 1 is 1.31 bits per heavy atom. The predicted molar refractivity (Wildman–Crippen MR) is 53.7 cm³/mol. The van der Waals surface area contributed by atoms with Crippen LogP contribution in [0.3, 0.4) is 0 Å². The third-order valence-electron chi connectivity index (χ3n) is 1.29. The van der Waals surface area contributed by atoms with Gasteiger partial charge in [0, 0.05) is 6.08 Å². The van der Waals surface area contributed by atoms with Crippen molar-refractivity contribution in [3.63, 3.8) is 0 Å². The van der Waals surface area contributed by atoms with Crippen molar-refractivity contribution < 1.29 is 4.79 Å². The second-order valence-corrected chi connectivity index (χ2v) is 2.82. The number of amides is 1. The van der Waals surface area contributed by atoms with Crippen LogP contribution >= 0.6 is 0 Å². The Morgan fingerprint density at radius 2 is 1.77 bits per heavy atom. The van der Waals surface area contributed by atoms with E-state index in [2.05, 4.69) is 11.8 Å². The van der Waals surface area contributed by atoms with Gasteiger partial charge in [0.15, 0.2) is 0 Å². The van der Waals surface area contributed by atoms with Gasteiger partial charge in [0.2, 0.25) is 5.91 Å². The van der Waals surface area contributed by atoms with Gasteiger partial charge in [-0.1, -0.05) is 17.4 Å². The van der Waals surface area contributed by atoms with Crippen LogP contribution in [0.5, 0.6) is 0 Å². The van der Waals surface area contributed by atoms with Crippen molar-refractivity contribution in [2.45, 2.75) is 13.8 Å². The van der Waals surface area contributed by atoms with Gasteiger partial charge in [0.1, 0.15) is 0 Å². The van der Waals surface area contributed by atoms with E-state index in [0.717, 1.165) is 5.57 Å². The molecule has 0 aromatic heterocycles. The molecule has 0 bridgehead atoms. The third-order valence-corrected chi connectivity index (χ3v) is 1.29. The summed E-state index contributed by atoms with van der Waals surface area (Å²) < 4.78 is 0.